The average molecular weight is 338 g/mol. The number of ether oxygens (including phenoxy) is 1. The van der Waals surface area contributed by atoms with Gasteiger partial charge in [-0.1, -0.05) is 0 Å². The third-order valence-electron chi connectivity index (χ3n) is 3.03. The lowest BCUT2D eigenvalue weighted by molar-refractivity contribution is -0.387. The molecule has 1 unspecified atom stereocenters. The monoisotopic (exact) mass is 337 g/mol. The number of sulfonamides is 1. The Kier molecular flexibility index (Phi) is 5.90. The molecule has 8 nitrogen and oxygen atoms in total. The van der Waals surface area contributed by atoms with Crippen LogP contribution in [0.3, 0.4) is 0 Å². The SMILES string of the molecule is COc1ccc(S(=O)(=O)NC2CCNC2)c([N+](=O)[O-])c1.Cl. The van der Waals surface area contributed by atoms with Crippen LogP contribution in [0.15, 0.2) is 23.1 Å². The van der Waals surface area contributed by atoms with Crippen LogP contribution in [0.4, 0.5) is 5.69 Å². The molecule has 1 aromatic rings. The van der Waals surface area contributed by atoms with Crippen molar-refractivity contribution in [2.75, 3.05) is 20.2 Å². The minimum Gasteiger partial charge on any atom is -0.497 e. The molecule has 21 heavy (non-hydrogen) atoms. The molecule has 0 saturated carbocycles. The normalized spacial score (nSPS) is 18.0. The second-order valence-corrected chi connectivity index (χ2v) is 6.08. The van der Waals surface area contributed by atoms with Crippen LogP contribution in [0.25, 0.3) is 0 Å². The van der Waals surface area contributed by atoms with E-state index >= 15 is 0 Å². The number of nitro groups is 1. The van der Waals surface area contributed by atoms with Crippen LogP contribution in [-0.2, 0) is 10.0 Å². The molecule has 0 amide bonds. The van der Waals surface area contributed by atoms with E-state index in [9.17, 15) is 18.5 Å². The van der Waals surface area contributed by atoms with Crippen molar-refractivity contribution in [3.05, 3.63) is 28.3 Å². The summed E-state index contributed by atoms with van der Waals surface area (Å²) in [4.78, 5) is 9.94. The van der Waals surface area contributed by atoms with E-state index in [0.29, 0.717) is 13.0 Å². The number of hydrogen-bond donors (Lipinski definition) is 2. The first-order valence-corrected chi connectivity index (χ1v) is 7.48. The third-order valence-corrected chi connectivity index (χ3v) is 4.60. The van der Waals surface area contributed by atoms with Crippen LogP contribution in [-0.4, -0.2) is 39.6 Å². The zero-order valence-electron chi connectivity index (χ0n) is 11.2. The van der Waals surface area contributed by atoms with Gasteiger partial charge in [0.15, 0.2) is 4.90 Å². The van der Waals surface area contributed by atoms with Crippen molar-refractivity contribution in [2.24, 2.45) is 0 Å². The molecule has 1 fully saturated rings. The highest BCUT2D eigenvalue weighted by Crippen LogP contribution is 2.28. The van der Waals surface area contributed by atoms with Crippen LogP contribution < -0.4 is 14.8 Å². The molecule has 2 rings (SSSR count). The van der Waals surface area contributed by atoms with Gasteiger partial charge in [0.1, 0.15) is 5.75 Å². The summed E-state index contributed by atoms with van der Waals surface area (Å²) in [5, 5.41) is 14.0. The van der Waals surface area contributed by atoms with Gasteiger partial charge in [-0.2, -0.15) is 0 Å². The quantitative estimate of drug-likeness (QED) is 0.603. The second kappa shape index (κ2) is 7.03. The van der Waals surface area contributed by atoms with E-state index in [2.05, 4.69) is 10.0 Å². The molecule has 0 aliphatic carbocycles. The molecule has 1 aromatic carbocycles. The van der Waals surface area contributed by atoms with Crippen molar-refractivity contribution >= 4 is 28.1 Å². The van der Waals surface area contributed by atoms with Gasteiger partial charge in [-0.3, -0.25) is 10.1 Å². The highest BCUT2D eigenvalue weighted by atomic mass is 35.5. The van der Waals surface area contributed by atoms with Crippen molar-refractivity contribution in [1.82, 2.24) is 10.0 Å². The van der Waals surface area contributed by atoms with Gasteiger partial charge >= 0.3 is 0 Å². The van der Waals surface area contributed by atoms with E-state index in [4.69, 9.17) is 4.74 Å². The molecule has 1 aliphatic rings. The molecule has 1 heterocycles. The van der Waals surface area contributed by atoms with E-state index in [1.54, 1.807) is 0 Å². The van der Waals surface area contributed by atoms with Crippen molar-refractivity contribution in [3.8, 4) is 5.75 Å². The summed E-state index contributed by atoms with van der Waals surface area (Å²) in [5.74, 6) is 0.234. The molecular weight excluding hydrogens is 322 g/mol. The fraction of sp³-hybridized carbons (Fsp3) is 0.455. The molecule has 0 aromatic heterocycles. The Morgan fingerprint density at radius 1 is 1.48 bits per heavy atom. The van der Waals surface area contributed by atoms with Crippen molar-refractivity contribution in [1.29, 1.82) is 0 Å². The maximum atomic E-state index is 12.2. The topological polar surface area (TPSA) is 111 Å². The van der Waals surface area contributed by atoms with E-state index < -0.39 is 20.6 Å². The first-order valence-electron chi connectivity index (χ1n) is 5.99. The third kappa shape index (κ3) is 4.03. The van der Waals surface area contributed by atoms with E-state index in [1.165, 1.54) is 19.2 Å². The maximum Gasteiger partial charge on any atom is 0.293 e. The van der Waals surface area contributed by atoms with Gasteiger partial charge in [0.2, 0.25) is 10.0 Å². The Morgan fingerprint density at radius 3 is 2.71 bits per heavy atom. The van der Waals surface area contributed by atoms with Crippen LogP contribution in [0, 0.1) is 10.1 Å². The maximum absolute atomic E-state index is 12.2. The van der Waals surface area contributed by atoms with Crippen molar-refractivity contribution < 1.29 is 18.1 Å². The number of benzene rings is 1. The number of halogens is 1. The lowest BCUT2D eigenvalue weighted by Crippen LogP contribution is -2.36. The van der Waals surface area contributed by atoms with Crippen LogP contribution in [0.2, 0.25) is 0 Å². The summed E-state index contributed by atoms with van der Waals surface area (Å²) in [6, 6.07) is 3.42. The summed E-state index contributed by atoms with van der Waals surface area (Å²) < 4.78 is 31.8. The van der Waals surface area contributed by atoms with Gasteiger partial charge < -0.3 is 10.1 Å². The molecule has 0 bridgehead atoms. The number of hydrogen-bond acceptors (Lipinski definition) is 6. The van der Waals surface area contributed by atoms with Gasteiger partial charge in [0.05, 0.1) is 18.1 Å². The smallest absolute Gasteiger partial charge is 0.293 e. The predicted molar refractivity (Wildman–Crippen MR) is 78.5 cm³/mol. The average Bonchev–Trinajstić information content (AvgIpc) is 2.90. The first-order chi connectivity index (χ1) is 9.44. The number of nitrogens with one attached hydrogen (secondary N) is 2. The summed E-state index contributed by atoms with van der Waals surface area (Å²) >= 11 is 0. The molecule has 0 radical (unpaired) electrons. The Labute approximate surface area is 128 Å². The summed E-state index contributed by atoms with van der Waals surface area (Å²) in [6.07, 6.45) is 0.656. The molecular formula is C11H16ClN3O5S. The van der Waals surface area contributed by atoms with Gasteiger partial charge in [-0.15, -0.1) is 12.4 Å². The van der Waals surface area contributed by atoms with Crippen LogP contribution in [0.1, 0.15) is 6.42 Å². The molecule has 1 aliphatic heterocycles. The molecule has 0 spiro atoms. The van der Waals surface area contributed by atoms with Crippen LogP contribution in [0.5, 0.6) is 5.75 Å². The van der Waals surface area contributed by atoms with Crippen molar-refractivity contribution in [2.45, 2.75) is 17.4 Å². The minimum atomic E-state index is -3.93. The predicted octanol–water partition coefficient (Wildman–Crippen LogP) is 0.665. The highest BCUT2D eigenvalue weighted by Gasteiger charge is 2.29. The fourth-order valence-electron chi connectivity index (χ4n) is 2.03. The lowest BCUT2D eigenvalue weighted by Gasteiger charge is -2.12. The molecule has 1 atom stereocenters. The van der Waals surface area contributed by atoms with Gasteiger partial charge in [0.25, 0.3) is 5.69 Å². The van der Waals surface area contributed by atoms with Gasteiger partial charge in [-0.25, -0.2) is 13.1 Å². The Balaban J connectivity index is 0.00000220. The molecule has 118 valence electrons. The van der Waals surface area contributed by atoms with E-state index in [-0.39, 0.29) is 29.1 Å². The molecule has 2 N–H and O–H groups in total. The lowest BCUT2D eigenvalue weighted by atomic mass is 10.3. The zero-order valence-corrected chi connectivity index (χ0v) is 12.9. The number of nitrogens with zero attached hydrogens (tertiary/aromatic N) is 1. The van der Waals surface area contributed by atoms with E-state index in [1.807, 2.05) is 0 Å². The Bertz CT molecular complexity index is 616. The fourth-order valence-corrected chi connectivity index (χ4v) is 3.46. The summed E-state index contributed by atoms with van der Waals surface area (Å²) in [5.41, 5.74) is -0.497. The Morgan fingerprint density at radius 2 is 2.19 bits per heavy atom. The number of nitro benzene ring substituents is 1. The zero-order chi connectivity index (χ0) is 14.8. The Hall–Kier alpha value is -1.42. The molecule has 10 heteroatoms. The van der Waals surface area contributed by atoms with Gasteiger partial charge in [-0.05, 0) is 25.1 Å². The standard InChI is InChI=1S/C11H15N3O5S.ClH/c1-19-9-2-3-11(10(6-9)14(15)16)20(17,18)13-8-4-5-12-7-8;/h2-3,6,8,12-13H,4-5,7H2,1H3;1H. The molecule has 1 saturated heterocycles. The van der Waals surface area contributed by atoms with E-state index in [0.717, 1.165) is 12.6 Å². The van der Waals surface area contributed by atoms with Gasteiger partial charge in [0, 0.05) is 12.6 Å². The summed E-state index contributed by atoms with van der Waals surface area (Å²) in [7, 11) is -2.57. The van der Waals surface area contributed by atoms with Crippen molar-refractivity contribution in [3.63, 3.8) is 0 Å². The van der Waals surface area contributed by atoms with Crippen LogP contribution >= 0.6 is 12.4 Å². The number of rotatable bonds is 5. The highest BCUT2D eigenvalue weighted by molar-refractivity contribution is 7.89. The second-order valence-electron chi connectivity index (χ2n) is 4.40. The largest absolute Gasteiger partial charge is 0.497 e. The number of methoxy groups -OCH3 is 1. The summed E-state index contributed by atoms with van der Waals surface area (Å²) in [6.45, 7) is 1.24. The first kappa shape index (κ1) is 17.6. The minimum absolute atomic E-state index is 0.